The van der Waals surface area contributed by atoms with Gasteiger partial charge in [-0.3, -0.25) is 4.68 Å². The van der Waals surface area contributed by atoms with Gasteiger partial charge in [-0.2, -0.15) is 5.10 Å². The Balaban J connectivity index is 1.97. The molecule has 4 nitrogen and oxygen atoms in total. The van der Waals surface area contributed by atoms with Crippen LogP contribution in [0.4, 0.5) is 0 Å². The Bertz CT molecular complexity index is 724. The highest BCUT2D eigenvalue weighted by atomic mass is 16.3. The first kappa shape index (κ1) is 12.9. The molecule has 0 bridgehead atoms. The van der Waals surface area contributed by atoms with Crippen LogP contribution in [-0.2, 0) is 13.2 Å². The fourth-order valence-electron chi connectivity index (χ4n) is 2.50. The van der Waals surface area contributed by atoms with Crippen molar-refractivity contribution >= 4 is 10.9 Å². The van der Waals surface area contributed by atoms with E-state index in [2.05, 4.69) is 29.6 Å². The van der Waals surface area contributed by atoms with Crippen LogP contribution in [0.5, 0.6) is 0 Å². The van der Waals surface area contributed by atoms with Crippen LogP contribution < -0.4 is 0 Å². The third-order valence-electron chi connectivity index (χ3n) is 3.57. The third-order valence-corrected chi connectivity index (χ3v) is 3.57. The van der Waals surface area contributed by atoms with Crippen LogP contribution >= 0.6 is 0 Å². The molecule has 0 fully saturated rings. The highest BCUT2D eigenvalue weighted by Gasteiger charge is 2.09. The van der Waals surface area contributed by atoms with Crippen molar-refractivity contribution in [3.8, 4) is 0 Å². The van der Waals surface area contributed by atoms with E-state index < -0.39 is 0 Å². The summed E-state index contributed by atoms with van der Waals surface area (Å²) in [7, 11) is 0. The molecule has 0 aliphatic heterocycles. The van der Waals surface area contributed by atoms with Gasteiger partial charge < -0.3 is 9.67 Å². The number of rotatable bonds is 4. The van der Waals surface area contributed by atoms with Crippen LogP contribution in [0, 0.1) is 0 Å². The van der Waals surface area contributed by atoms with Gasteiger partial charge in [0.15, 0.2) is 0 Å². The lowest BCUT2D eigenvalue weighted by atomic mass is 10.2. The van der Waals surface area contributed by atoms with Gasteiger partial charge in [0.05, 0.1) is 18.8 Å². The van der Waals surface area contributed by atoms with E-state index in [1.54, 1.807) is 0 Å². The molecule has 3 rings (SSSR count). The van der Waals surface area contributed by atoms with Crippen molar-refractivity contribution in [1.82, 2.24) is 14.3 Å². The summed E-state index contributed by atoms with van der Waals surface area (Å²) in [4.78, 5) is 0. The summed E-state index contributed by atoms with van der Waals surface area (Å²) in [5, 5.41) is 15.1. The lowest BCUT2D eigenvalue weighted by molar-refractivity contribution is 0.283. The molecule has 0 unspecified atom stereocenters. The summed E-state index contributed by atoms with van der Waals surface area (Å²) in [6, 6.07) is 10.6. The molecule has 0 aliphatic rings. The largest absolute Gasteiger partial charge is 0.392 e. The molecule has 104 valence electrons. The normalized spacial score (nSPS) is 11.6. The molecule has 0 spiro atoms. The molecule has 2 aromatic heterocycles. The van der Waals surface area contributed by atoms with Crippen LogP contribution in [-0.4, -0.2) is 19.5 Å². The van der Waals surface area contributed by atoms with Crippen LogP contribution in [0.15, 0.2) is 42.7 Å². The van der Waals surface area contributed by atoms with Crippen molar-refractivity contribution in [1.29, 1.82) is 0 Å². The molecule has 0 aliphatic carbocycles. The Morgan fingerprint density at radius 2 is 2.00 bits per heavy atom. The van der Waals surface area contributed by atoms with E-state index in [9.17, 15) is 5.11 Å². The third kappa shape index (κ3) is 2.23. The zero-order valence-corrected chi connectivity index (χ0v) is 11.8. The fraction of sp³-hybridized carbons (Fsp3) is 0.312. The lowest BCUT2D eigenvalue weighted by Crippen LogP contribution is -2.04. The Kier molecular flexibility index (Phi) is 3.32. The van der Waals surface area contributed by atoms with E-state index >= 15 is 0 Å². The van der Waals surface area contributed by atoms with Crippen molar-refractivity contribution < 1.29 is 5.11 Å². The van der Waals surface area contributed by atoms with Crippen molar-refractivity contribution in [2.24, 2.45) is 0 Å². The van der Waals surface area contributed by atoms with Crippen LogP contribution in [0.2, 0.25) is 0 Å². The Morgan fingerprint density at radius 1 is 1.20 bits per heavy atom. The quantitative estimate of drug-likeness (QED) is 0.791. The number of para-hydroxylation sites is 1. The predicted octanol–water partition coefficient (Wildman–Crippen LogP) is 2.96. The maximum Gasteiger partial charge on any atom is 0.0821 e. The van der Waals surface area contributed by atoms with E-state index in [1.165, 1.54) is 0 Å². The molecule has 1 aromatic carbocycles. The summed E-state index contributed by atoms with van der Waals surface area (Å²) in [6.07, 6.45) is 4.03. The SMILES string of the molecule is CC(C)n1ccc(Cn2cc(CO)c3ccccc32)n1. The smallest absolute Gasteiger partial charge is 0.0821 e. The number of hydrogen-bond donors (Lipinski definition) is 1. The monoisotopic (exact) mass is 269 g/mol. The minimum Gasteiger partial charge on any atom is -0.392 e. The van der Waals surface area contributed by atoms with E-state index in [0.717, 1.165) is 28.7 Å². The van der Waals surface area contributed by atoms with Crippen LogP contribution in [0.1, 0.15) is 31.1 Å². The number of benzene rings is 1. The van der Waals surface area contributed by atoms with Crippen molar-refractivity contribution in [3.63, 3.8) is 0 Å². The van der Waals surface area contributed by atoms with Crippen LogP contribution in [0.3, 0.4) is 0 Å². The molecule has 0 atom stereocenters. The molecule has 3 aromatic rings. The molecular formula is C16H19N3O. The standard InChI is InChI=1S/C16H19N3O/c1-12(2)19-8-7-14(17-19)10-18-9-13(11-20)15-5-3-4-6-16(15)18/h3-9,12,20H,10-11H2,1-2H3. The molecular weight excluding hydrogens is 250 g/mol. The average Bonchev–Trinajstić information content (AvgIpc) is 3.05. The van der Waals surface area contributed by atoms with Crippen LogP contribution in [0.25, 0.3) is 10.9 Å². The number of aliphatic hydroxyl groups excluding tert-OH is 1. The van der Waals surface area contributed by atoms with E-state index in [1.807, 2.05) is 41.3 Å². The van der Waals surface area contributed by atoms with Gasteiger partial charge in [0.1, 0.15) is 0 Å². The molecule has 2 heterocycles. The maximum atomic E-state index is 9.46. The summed E-state index contributed by atoms with van der Waals surface area (Å²) >= 11 is 0. The Morgan fingerprint density at radius 3 is 2.70 bits per heavy atom. The highest BCUT2D eigenvalue weighted by molar-refractivity contribution is 5.83. The number of fused-ring (bicyclic) bond motifs is 1. The minimum atomic E-state index is 0.0634. The second-order valence-electron chi connectivity index (χ2n) is 5.34. The molecule has 20 heavy (non-hydrogen) atoms. The molecule has 1 N–H and O–H groups in total. The van der Waals surface area contributed by atoms with Crippen molar-refractivity contribution in [2.45, 2.75) is 33.0 Å². The van der Waals surface area contributed by atoms with Gasteiger partial charge in [-0.15, -0.1) is 0 Å². The van der Waals surface area contributed by atoms with Crippen molar-refractivity contribution in [3.05, 3.63) is 54.0 Å². The molecule has 4 heteroatoms. The average molecular weight is 269 g/mol. The number of hydrogen-bond acceptors (Lipinski definition) is 2. The topological polar surface area (TPSA) is 43.0 Å². The second-order valence-corrected chi connectivity index (χ2v) is 5.34. The van der Waals surface area contributed by atoms with E-state index in [-0.39, 0.29) is 6.61 Å². The lowest BCUT2D eigenvalue weighted by Gasteiger charge is -2.05. The number of aliphatic hydroxyl groups is 1. The molecule has 0 saturated heterocycles. The first-order valence-electron chi connectivity index (χ1n) is 6.90. The summed E-state index contributed by atoms with van der Waals surface area (Å²) in [5.41, 5.74) is 3.13. The Labute approximate surface area is 118 Å². The summed E-state index contributed by atoms with van der Waals surface area (Å²) in [6.45, 7) is 5.02. The van der Waals surface area contributed by atoms with Gasteiger partial charge >= 0.3 is 0 Å². The highest BCUT2D eigenvalue weighted by Crippen LogP contribution is 2.22. The zero-order chi connectivity index (χ0) is 14.1. The maximum absolute atomic E-state index is 9.46. The zero-order valence-electron chi connectivity index (χ0n) is 11.8. The summed E-state index contributed by atoms with van der Waals surface area (Å²) < 4.78 is 4.11. The van der Waals surface area contributed by atoms with Gasteiger partial charge in [0.25, 0.3) is 0 Å². The Hall–Kier alpha value is -2.07. The fourth-order valence-corrected chi connectivity index (χ4v) is 2.50. The first-order valence-corrected chi connectivity index (χ1v) is 6.90. The molecule has 0 amide bonds. The molecule has 0 radical (unpaired) electrons. The predicted molar refractivity (Wildman–Crippen MR) is 79.6 cm³/mol. The van der Waals surface area contributed by atoms with E-state index in [4.69, 9.17) is 0 Å². The first-order chi connectivity index (χ1) is 9.69. The van der Waals surface area contributed by atoms with Gasteiger partial charge in [0, 0.05) is 34.9 Å². The van der Waals surface area contributed by atoms with Gasteiger partial charge in [-0.25, -0.2) is 0 Å². The van der Waals surface area contributed by atoms with Gasteiger partial charge in [-0.1, -0.05) is 18.2 Å². The second kappa shape index (κ2) is 5.13. The van der Waals surface area contributed by atoms with Gasteiger partial charge in [0.2, 0.25) is 0 Å². The van der Waals surface area contributed by atoms with E-state index in [0.29, 0.717) is 6.04 Å². The molecule has 0 saturated carbocycles. The number of aromatic nitrogens is 3. The van der Waals surface area contributed by atoms with Crippen molar-refractivity contribution in [2.75, 3.05) is 0 Å². The number of nitrogens with zero attached hydrogens (tertiary/aromatic N) is 3. The summed E-state index contributed by atoms with van der Waals surface area (Å²) in [5.74, 6) is 0. The van der Waals surface area contributed by atoms with Gasteiger partial charge in [-0.05, 0) is 26.0 Å². The minimum absolute atomic E-state index is 0.0634.